The summed E-state index contributed by atoms with van der Waals surface area (Å²) >= 11 is 0. The van der Waals surface area contributed by atoms with Gasteiger partial charge in [-0.1, -0.05) is 48.9 Å². The van der Waals surface area contributed by atoms with Crippen LogP contribution >= 0.6 is 8.03 Å². The predicted molar refractivity (Wildman–Crippen MR) is 89.0 cm³/mol. The SMILES string of the molecule is Cc1ccc(C(=O)C(C)CO[P+](=O)c2ccccc2)c(C)c1. The van der Waals surface area contributed by atoms with Crippen LogP contribution in [-0.2, 0) is 9.09 Å². The van der Waals surface area contributed by atoms with Gasteiger partial charge >= 0.3 is 8.03 Å². The van der Waals surface area contributed by atoms with Crippen molar-refractivity contribution >= 4 is 19.1 Å². The Morgan fingerprint density at radius 3 is 2.45 bits per heavy atom. The highest BCUT2D eigenvalue weighted by Crippen LogP contribution is 2.24. The third kappa shape index (κ3) is 4.09. The standard InChI is InChI=1S/C18H20O3P/c1-13-9-10-17(14(2)11-13)18(19)15(3)12-21-22(20)16-7-5-4-6-8-16/h4-11,15H,12H2,1-3H3/q+1. The Balaban J connectivity index is 1.98. The molecule has 0 bridgehead atoms. The topological polar surface area (TPSA) is 43.4 Å². The van der Waals surface area contributed by atoms with E-state index < -0.39 is 8.03 Å². The number of carbonyl (C=O) groups excluding carboxylic acids is 1. The van der Waals surface area contributed by atoms with Crippen LogP contribution in [0.5, 0.6) is 0 Å². The summed E-state index contributed by atoms with van der Waals surface area (Å²) < 4.78 is 17.4. The highest BCUT2D eigenvalue weighted by Gasteiger charge is 2.26. The van der Waals surface area contributed by atoms with Gasteiger partial charge in [-0.05, 0) is 36.1 Å². The summed E-state index contributed by atoms with van der Waals surface area (Å²) in [6.07, 6.45) is 0. The average Bonchev–Trinajstić information content (AvgIpc) is 2.52. The molecule has 0 N–H and O–H groups in total. The third-order valence-corrected chi connectivity index (χ3v) is 4.61. The van der Waals surface area contributed by atoms with Crippen molar-refractivity contribution in [1.82, 2.24) is 0 Å². The summed E-state index contributed by atoms with van der Waals surface area (Å²) in [6.45, 7) is 5.88. The lowest BCUT2D eigenvalue weighted by molar-refractivity contribution is 0.0893. The number of Topliss-reactive ketones (excluding diaryl/α,β-unsaturated/α-hetero) is 1. The van der Waals surface area contributed by atoms with E-state index in [2.05, 4.69) is 0 Å². The quantitative estimate of drug-likeness (QED) is 0.592. The van der Waals surface area contributed by atoms with Gasteiger partial charge in [-0.25, -0.2) is 0 Å². The van der Waals surface area contributed by atoms with Crippen LogP contribution in [0.4, 0.5) is 0 Å². The lowest BCUT2D eigenvalue weighted by atomic mass is 9.95. The highest BCUT2D eigenvalue weighted by molar-refractivity contribution is 7.48. The molecule has 0 saturated carbocycles. The molecule has 22 heavy (non-hydrogen) atoms. The second-order valence-corrected chi connectivity index (χ2v) is 6.76. The Morgan fingerprint density at radius 1 is 1.14 bits per heavy atom. The normalized spacial score (nSPS) is 12.8. The van der Waals surface area contributed by atoms with Gasteiger partial charge in [-0.2, -0.15) is 0 Å². The Morgan fingerprint density at radius 2 is 1.82 bits per heavy atom. The zero-order valence-electron chi connectivity index (χ0n) is 13.1. The van der Waals surface area contributed by atoms with E-state index in [0.717, 1.165) is 11.1 Å². The largest absolute Gasteiger partial charge is 0.548 e. The van der Waals surface area contributed by atoms with Crippen LogP contribution in [0.15, 0.2) is 48.5 Å². The van der Waals surface area contributed by atoms with Gasteiger partial charge in [-0.15, -0.1) is 4.52 Å². The minimum Gasteiger partial charge on any atom is -0.294 e. The van der Waals surface area contributed by atoms with Gasteiger partial charge in [0, 0.05) is 11.5 Å². The van der Waals surface area contributed by atoms with Gasteiger partial charge in [0.2, 0.25) is 5.30 Å². The molecule has 0 aliphatic carbocycles. The van der Waals surface area contributed by atoms with Crippen molar-refractivity contribution in [2.24, 2.45) is 5.92 Å². The van der Waals surface area contributed by atoms with Crippen LogP contribution in [0.25, 0.3) is 0 Å². The number of aryl methyl sites for hydroxylation is 2. The number of rotatable bonds is 6. The Labute approximate surface area is 132 Å². The molecule has 2 aromatic rings. The van der Waals surface area contributed by atoms with Crippen molar-refractivity contribution in [3.05, 3.63) is 65.2 Å². The van der Waals surface area contributed by atoms with Crippen molar-refractivity contribution in [2.75, 3.05) is 6.61 Å². The molecule has 114 valence electrons. The zero-order valence-corrected chi connectivity index (χ0v) is 14.0. The van der Waals surface area contributed by atoms with Gasteiger partial charge in [0.1, 0.15) is 6.61 Å². The first-order valence-corrected chi connectivity index (χ1v) is 8.43. The van der Waals surface area contributed by atoms with Crippen LogP contribution < -0.4 is 5.30 Å². The lowest BCUT2D eigenvalue weighted by Gasteiger charge is -2.10. The van der Waals surface area contributed by atoms with Crippen molar-refractivity contribution in [2.45, 2.75) is 20.8 Å². The summed E-state index contributed by atoms with van der Waals surface area (Å²) in [7, 11) is -1.92. The van der Waals surface area contributed by atoms with Gasteiger partial charge in [-0.3, -0.25) is 4.79 Å². The molecule has 0 aliphatic rings. The molecule has 0 aromatic heterocycles. The average molecular weight is 315 g/mol. The fourth-order valence-electron chi connectivity index (χ4n) is 2.23. The van der Waals surface area contributed by atoms with Gasteiger partial charge in [0.15, 0.2) is 5.78 Å². The van der Waals surface area contributed by atoms with Crippen molar-refractivity contribution in [1.29, 1.82) is 0 Å². The van der Waals surface area contributed by atoms with Crippen molar-refractivity contribution in [3.8, 4) is 0 Å². The molecule has 4 heteroatoms. The molecule has 2 rings (SSSR count). The minimum absolute atomic E-state index is 0.0222. The molecule has 0 fully saturated rings. The van der Waals surface area contributed by atoms with Crippen LogP contribution in [0.2, 0.25) is 0 Å². The first-order valence-electron chi connectivity index (χ1n) is 7.25. The van der Waals surface area contributed by atoms with E-state index in [1.54, 1.807) is 19.1 Å². The molecule has 0 amide bonds. The third-order valence-electron chi connectivity index (χ3n) is 3.50. The molecule has 0 aliphatic heterocycles. The van der Waals surface area contributed by atoms with E-state index in [0.29, 0.717) is 10.9 Å². The molecule has 2 aromatic carbocycles. The van der Waals surface area contributed by atoms with E-state index >= 15 is 0 Å². The smallest absolute Gasteiger partial charge is 0.294 e. The number of benzene rings is 2. The zero-order chi connectivity index (χ0) is 16.1. The summed E-state index contributed by atoms with van der Waals surface area (Å²) in [6, 6.07) is 14.8. The Bertz CT molecular complexity index is 680. The molecule has 0 radical (unpaired) electrons. The fraction of sp³-hybridized carbons (Fsp3) is 0.278. The Kier molecular flexibility index (Phi) is 5.59. The molecule has 0 saturated heterocycles. The summed E-state index contributed by atoms with van der Waals surface area (Å²) in [4.78, 5) is 12.5. The maximum absolute atomic E-state index is 12.5. The first kappa shape index (κ1) is 16.5. The highest BCUT2D eigenvalue weighted by atomic mass is 31.1. The fourth-order valence-corrected chi connectivity index (χ4v) is 3.16. The molecule has 3 nitrogen and oxygen atoms in total. The van der Waals surface area contributed by atoms with Crippen molar-refractivity contribution < 1.29 is 13.9 Å². The maximum atomic E-state index is 12.5. The second-order valence-electron chi connectivity index (χ2n) is 5.47. The molecular formula is C18H20O3P+. The molecule has 0 spiro atoms. The van der Waals surface area contributed by atoms with Gasteiger partial charge in [0.25, 0.3) is 0 Å². The molecule has 0 heterocycles. The van der Waals surface area contributed by atoms with Crippen LogP contribution in [0, 0.1) is 19.8 Å². The van der Waals surface area contributed by atoms with Gasteiger partial charge < -0.3 is 0 Å². The lowest BCUT2D eigenvalue weighted by Crippen LogP contribution is -2.17. The Hall–Kier alpha value is -1.83. The number of carbonyl (C=O) groups is 1. The predicted octanol–water partition coefficient (Wildman–Crippen LogP) is 4.21. The second kappa shape index (κ2) is 7.44. The van der Waals surface area contributed by atoms with E-state index in [-0.39, 0.29) is 18.3 Å². The molecule has 2 atom stereocenters. The maximum Gasteiger partial charge on any atom is 0.548 e. The van der Waals surface area contributed by atoms with E-state index in [1.807, 2.05) is 50.2 Å². The van der Waals surface area contributed by atoms with Crippen LogP contribution in [0.3, 0.4) is 0 Å². The first-order chi connectivity index (χ1) is 10.5. The van der Waals surface area contributed by atoms with Gasteiger partial charge in [0.05, 0.1) is 0 Å². The monoisotopic (exact) mass is 315 g/mol. The molecular weight excluding hydrogens is 295 g/mol. The van der Waals surface area contributed by atoms with Crippen LogP contribution in [-0.4, -0.2) is 12.4 Å². The summed E-state index contributed by atoms with van der Waals surface area (Å²) in [5.41, 5.74) is 2.80. The molecule has 2 unspecified atom stereocenters. The van der Waals surface area contributed by atoms with Crippen molar-refractivity contribution in [3.63, 3.8) is 0 Å². The van der Waals surface area contributed by atoms with Crippen LogP contribution in [0.1, 0.15) is 28.4 Å². The minimum atomic E-state index is -1.92. The van der Waals surface area contributed by atoms with E-state index in [4.69, 9.17) is 4.52 Å². The van der Waals surface area contributed by atoms with E-state index in [9.17, 15) is 9.36 Å². The summed E-state index contributed by atoms with van der Waals surface area (Å²) in [5.74, 6) is -0.307. The summed E-state index contributed by atoms with van der Waals surface area (Å²) in [5, 5.41) is 0.642. The van der Waals surface area contributed by atoms with E-state index in [1.165, 1.54) is 0 Å². The number of ketones is 1. The number of hydrogen-bond acceptors (Lipinski definition) is 3. The number of hydrogen-bond donors (Lipinski definition) is 0.